The Labute approximate surface area is 126 Å². The highest BCUT2D eigenvalue weighted by atomic mass is 35.5. The van der Waals surface area contributed by atoms with Crippen molar-refractivity contribution in [3.63, 3.8) is 0 Å². The van der Waals surface area contributed by atoms with E-state index in [2.05, 4.69) is 0 Å². The first-order valence-electron chi connectivity index (χ1n) is 6.50. The molecule has 0 radical (unpaired) electrons. The highest BCUT2D eigenvalue weighted by molar-refractivity contribution is 6.30. The Hall–Kier alpha value is -1.68. The second-order valence-corrected chi connectivity index (χ2v) is 5.00. The van der Waals surface area contributed by atoms with Gasteiger partial charge in [0.25, 0.3) is 0 Å². The summed E-state index contributed by atoms with van der Waals surface area (Å²) >= 11 is 5.92. The molecule has 0 bridgehead atoms. The Morgan fingerprint density at radius 2 is 1.81 bits per heavy atom. The lowest BCUT2D eigenvalue weighted by Gasteiger charge is -2.21. The van der Waals surface area contributed by atoms with E-state index >= 15 is 0 Å². The van der Waals surface area contributed by atoms with Crippen LogP contribution in [0.5, 0.6) is 5.75 Å². The number of ether oxygens (including phenoxy) is 1. The Kier molecular flexibility index (Phi) is 4.78. The van der Waals surface area contributed by atoms with Gasteiger partial charge < -0.3 is 4.74 Å². The van der Waals surface area contributed by atoms with Gasteiger partial charge >= 0.3 is 6.18 Å². The van der Waals surface area contributed by atoms with Crippen molar-refractivity contribution in [1.82, 2.24) is 0 Å². The first kappa shape index (κ1) is 15.7. The highest BCUT2D eigenvalue weighted by Crippen LogP contribution is 2.38. The van der Waals surface area contributed by atoms with Crippen molar-refractivity contribution in [3.05, 3.63) is 64.7 Å². The quantitative estimate of drug-likeness (QED) is 0.683. The molecule has 0 aliphatic heterocycles. The molecule has 0 heterocycles. The van der Waals surface area contributed by atoms with Crippen LogP contribution >= 0.6 is 11.6 Å². The number of para-hydroxylation sites is 1. The zero-order valence-electron chi connectivity index (χ0n) is 11.3. The lowest BCUT2D eigenvalue weighted by molar-refractivity contribution is -0.139. The van der Waals surface area contributed by atoms with Crippen LogP contribution in [-0.2, 0) is 6.18 Å². The summed E-state index contributed by atoms with van der Waals surface area (Å²) in [6, 6.07) is 12.2. The largest absolute Gasteiger partial charge is 0.485 e. The first-order chi connectivity index (χ1) is 9.91. The van der Waals surface area contributed by atoms with Crippen molar-refractivity contribution in [2.45, 2.75) is 25.6 Å². The summed E-state index contributed by atoms with van der Waals surface area (Å²) in [6.45, 7) is 1.85. The van der Waals surface area contributed by atoms with E-state index in [0.717, 1.165) is 11.6 Å². The van der Waals surface area contributed by atoms with Crippen LogP contribution in [0.1, 0.15) is 30.6 Å². The zero-order chi connectivity index (χ0) is 15.5. The van der Waals surface area contributed by atoms with Gasteiger partial charge in [-0.15, -0.1) is 0 Å². The summed E-state index contributed by atoms with van der Waals surface area (Å²) in [5.41, 5.74) is -0.0209. The predicted octanol–water partition coefficient (Wildman–Crippen LogP) is 5.89. The smallest absolute Gasteiger partial charge is 0.419 e. The van der Waals surface area contributed by atoms with Crippen LogP contribution in [0.4, 0.5) is 13.2 Å². The van der Waals surface area contributed by atoms with Crippen molar-refractivity contribution in [3.8, 4) is 5.75 Å². The molecule has 0 saturated carbocycles. The molecular weight excluding hydrogens is 301 g/mol. The molecule has 0 N–H and O–H groups in total. The van der Waals surface area contributed by atoms with E-state index in [1.54, 1.807) is 24.3 Å². The van der Waals surface area contributed by atoms with E-state index < -0.39 is 17.8 Å². The molecule has 1 atom stereocenters. The van der Waals surface area contributed by atoms with Crippen LogP contribution in [0, 0.1) is 0 Å². The Bertz CT molecular complexity index is 610. The van der Waals surface area contributed by atoms with Crippen molar-refractivity contribution >= 4 is 11.6 Å². The van der Waals surface area contributed by atoms with Gasteiger partial charge in [0.15, 0.2) is 0 Å². The molecule has 1 nitrogen and oxygen atoms in total. The zero-order valence-corrected chi connectivity index (χ0v) is 12.1. The number of hydrogen-bond acceptors (Lipinski definition) is 1. The van der Waals surface area contributed by atoms with Crippen molar-refractivity contribution in [2.24, 2.45) is 0 Å². The van der Waals surface area contributed by atoms with Gasteiger partial charge in [-0.2, -0.15) is 13.2 Å². The van der Waals surface area contributed by atoms with E-state index in [4.69, 9.17) is 16.3 Å². The fourth-order valence-corrected chi connectivity index (χ4v) is 2.25. The summed E-state index contributed by atoms with van der Waals surface area (Å²) in [4.78, 5) is 0. The van der Waals surface area contributed by atoms with E-state index in [9.17, 15) is 13.2 Å². The lowest BCUT2D eigenvalue weighted by atomic mass is 10.1. The van der Waals surface area contributed by atoms with Crippen LogP contribution in [-0.4, -0.2) is 0 Å². The van der Waals surface area contributed by atoms with Crippen LogP contribution in [0.15, 0.2) is 48.5 Å². The van der Waals surface area contributed by atoms with Gasteiger partial charge in [0.05, 0.1) is 5.56 Å². The number of benzene rings is 2. The molecule has 2 aromatic carbocycles. The lowest BCUT2D eigenvalue weighted by Crippen LogP contribution is -2.12. The third kappa shape index (κ3) is 3.91. The molecule has 0 aliphatic rings. The number of rotatable bonds is 4. The summed E-state index contributed by atoms with van der Waals surface area (Å²) in [7, 11) is 0. The average molecular weight is 315 g/mol. The van der Waals surface area contributed by atoms with Crippen molar-refractivity contribution in [2.75, 3.05) is 0 Å². The van der Waals surface area contributed by atoms with Gasteiger partial charge in [-0.1, -0.05) is 42.8 Å². The van der Waals surface area contributed by atoms with Gasteiger partial charge in [0, 0.05) is 5.02 Å². The number of hydrogen-bond donors (Lipinski definition) is 0. The van der Waals surface area contributed by atoms with Crippen LogP contribution in [0.2, 0.25) is 5.02 Å². The minimum absolute atomic E-state index is 0.170. The summed E-state index contributed by atoms with van der Waals surface area (Å²) in [5.74, 6) is -0.170. The van der Waals surface area contributed by atoms with E-state index in [-0.39, 0.29) is 5.75 Å². The maximum absolute atomic E-state index is 13.0. The van der Waals surface area contributed by atoms with E-state index in [0.29, 0.717) is 11.4 Å². The SMILES string of the molecule is CCC(Oc1ccccc1C(F)(F)F)c1cccc(Cl)c1. The monoisotopic (exact) mass is 314 g/mol. The Balaban J connectivity index is 2.32. The molecule has 0 aliphatic carbocycles. The molecule has 112 valence electrons. The molecular formula is C16H14ClF3O. The molecule has 0 aromatic heterocycles. The molecule has 1 unspecified atom stereocenters. The van der Waals surface area contributed by atoms with E-state index in [1.165, 1.54) is 18.2 Å². The number of halogens is 4. The number of alkyl halides is 3. The van der Waals surface area contributed by atoms with Gasteiger partial charge in [0.1, 0.15) is 11.9 Å². The average Bonchev–Trinajstić information content (AvgIpc) is 2.44. The molecule has 2 rings (SSSR count). The Morgan fingerprint density at radius 3 is 2.43 bits per heavy atom. The van der Waals surface area contributed by atoms with Crippen LogP contribution in [0.25, 0.3) is 0 Å². The molecule has 2 aromatic rings. The fraction of sp³-hybridized carbons (Fsp3) is 0.250. The Morgan fingerprint density at radius 1 is 1.10 bits per heavy atom. The van der Waals surface area contributed by atoms with Gasteiger partial charge in [-0.25, -0.2) is 0 Å². The molecule has 21 heavy (non-hydrogen) atoms. The van der Waals surface area contributed by atoms with Crippen molar-refractivity contribution < 1.29 is 17.9 Å². The molecule has 0 fully saturated rings. The molecule has 0 saturated heterocycles. The first-order valence-corrected chi connectivity index (χ1v) is 6.88. The minimum atomic E-state index is -4.44. The second-order valence-electron chi connectivity index (χ2n) is 4.56. The molecule has 0 spiro atoms. The summed E-state index contributed by atoms with van der Waals surface area (Å²) < 4.78 is 44.5. The predicted molar refractivity (Wildman–Crippen MR) is 76.6 cm³/mol. The standard InChI is InChI=1S/C16H14ClF3O/c1-2-14(11-6-5-7-12(17)10-11)21-15-9-4-3-8-13(15)16(18,19)20/h3-10,14H,2H2,1H3. The minimum Gasteiger partial charge on any atom is -0.485 e. The summed E-state index contributed by atoms with van der Waals surface area (Å²) in [6.07, 6.45) is -4.39. The van der Waals surface area contributed by atoms with E-state index in [1.807, 2.05) is 6.92 Å². The fourth-order valence-electron chi connectivity index (χ4n) is 2.05. The van der Waals surface area contributed by atoms with Crippen LogP contribution < -0.4 is 4.74 Å². The third-order valence-corrected chi connectivity index (χ3v) is 3.29. The molecule has 5 heteroatoms. The third-order valence-electron chi connectivity index (χ3n) is 3.05. The second kappa shape index (κ2) is 6.39. The maximum atomic E-state index is 13.0. The van der Waals surface area contributed by atoms with Gasteiger partial charge in [-0.05, 0) is 36.2 Å². The van der Waals surface area contributed by atoms with Gasteiger partial charge in [-0.3, -0.25) is 0 Å². The van der Waals surface area contributed by atoms with Crippen molar-refractivity contribution in [1.29, 1.82) is 0 Å². The van der Waals surface area contributed by atoms with Gasteiger partial charge in [0.2, 0.25) is 0 Å². The summed E-state index contributed by atoms with van der Waals surface area (Å²) in [5, 5.41) is 0.527. The highest BCUT2D eigenvalue weighted by Gasteiger charge is 2.34. The maximum Gasteiger partial charge on any atom is 0.419 e. The molecule has 0 amide bonds. The van der Waals surface area contributed by atoms with Crippen LogP contribution in [0.3, 0.4) is 0 Å². The normalized spacial score (nSPS) is 13.0. The topological polar surface area (TPSA) is 9.23 Å².